The highest BCUT2D eigenvalue weighted by atomic mass is 79.9. The molecule has 1 saturated carbocycles. The molecule has 2 fully saturated rings. The Bertz CT molecular complexity index is 533. The lowest BCUT2D eigenvalue weighted by Crippen LogP contribution is -2.56. The van der Waals surface area contributed by atoms with Crippen LogP contribution in [0.25, 0.3) is 0 Å². The Labute approximate surface area is 127 Å². The predicted octanol–water partition coefficient (Wildman–Crippen LogP) is 4.54. The third-order valence-corrected chi connectivity index (χ3v) is 5.94. The van der Waals surface area contributed by atoms with Gasteiger partial charge in [-0.05, 0) is 53.6 Å². The maximum Gasteiger partial charge on any atom is 0.139 e. The first kappa shape index (κ1) is 12.9. The van der Waals surface area contributed by atoms with Crippen LogP contribution in [-0.2, 0) is 0 Å². The van der Waals surface area contributed by atoms with Gasteiger partial charge in [0.25, 0.3) is 0 Å². The lowest BCUT2D eigenvalue weighted by Gasteiger charge is -2.52. The minimum absolute atomic E-state index is 0.149. The minimum atomic E-state index is -0.149. The summed E-state index contributed by atoms with van der Waals surface area (Å²) in [5, 5.41) is 3.49. The topological polar surface area (TPSA) is 15.3 Å². The van der Waals surface area contributed by atoms with Crippen LogP contribution in [-0.4, -0.2) is 18.6 Å². The lowest BCUT2D eigenvalue weighted by atomic mass is 9.75. The molecule has 3 atom stereocenters. The van der Waals surface area contributed by atoms with E-state index in [1.54, 1.807) is 6.07 Å². The number of rotatable bonds is 0. The predicted molar refractivity (Wildman–Crippen MR) is 83.8 cm³/mol. The molecule has 2 heterocycles. The fourth-order valence-electron chi connectivity index (χ4n) is 4.40. The van der Waals surface area contributed by atoms with Gasteiger partial charge in [0.1, 0.15) is 5.82 Å². The van der Waals surface area contributed by atoms with E-state index in [9.17, 15) is 4.39 Å². The molecule has 1 aromatic carbocycles. The number of nitrogens with zero attached hydrogens (tertiary/aromatic N) is 1. The number of anilines is 2. The van der Waals surface area contributed by atoms with Crippen molar-refractivity contribution >= 4 is 27.3 Å². The second kappa shape index (κ2) is 4.90. The van der Waals surface area contributed by atoms with Crippen molar-refractivity contribution < 1.29 is 4.39 Å². The molecule has 0 aromatic heterocycles. The van der Waals surface area contributed by atoms with Crippen molar-refractivity contribution in [1.82, 2.24) is 0 Å². The summed E-state index contributed by atoms with van der Waals surface area (Å²) in [7, 11) is 0. The summed E-state index contributed by atoms with van der Waals surface area (Å²) in [6.45, 7) is 0.994. The average Bonchev–Trinajstić information content (AvgIpc) is 2.48. The zero-order chi connectivity index (χ0) is 13.7. The molecule has 4 rings (SSSR count). The van der Waals surface area contributed by atoms with Crippen LogP contribution >= 0.6 is 15.9 Å². The molecule has 108 valence electrons. The molecular formula is C16H20BrFN2. The molecule has 1 N–H and O–H groups in total. The number of nitrogens with one attached hydrogen (secondary N) is 1. The van der Waals surface area contributed by atoms with E-state index < -0.39 is 0 Å². The van der Waals surface area contributed by atoms with Crippen molar-refractivity contribution in [3.05, 3.63) is 22.4 Å². The van der Waals surface area contributed by atoms with Gasteiger partial charge in [-0.25, -0.2) is 4.39 Å². The van der Waals surface area contributed by atoms with Crippen LogP contribution in [0.4, 0.5) is 15.8 Å². The van der Waals surface area contributed by atoms with Crippen molar-refractivity contribution in [1.29, 1.82) is 0 Å². The van der Waals surface area contributed by atoms with Gasteiger partial charge < -0.3 is 10.2 Å². The van der Waals surface area contributed by atoms with E-state index in [0.29, 0.717) is 16.6 Å². The van der Waals surface area contributed by atoms with Crippen LogP contribution in [0, 0.1) is 11.7 Å². The molecule has 1 saturated heterocycles. The molecule has 0 bridgehead atoms. The molecule has 20 heavy (non-hydrogen) atoms. The van der Waals surface area contributed by atoms with Gasteiger partial charge in [0.2, 0.25) is 0 Å². The van der Waals surface area contributed by atoms with Crippen molar-refractivity contribution in [3.8, 4) is 0 Å². The number of benzene rings is 1. The molecule has 0 radical (unpaired) electrons. The second-order valence-corrected chi connectivity index (χ2v) is 7.27. The van der Waals surface area contributed by atoms with Gasteiger partial charge in [0, 0.05) is 24.7 Å². The standard InChI is InChI=1S/C16H20BrFN2/c17-12-7-14-16(8-13(12)18)20-11(9-19-14)6-5-10-3-1-2-4-15(10)20/h7-8,10-11,15,19H,1-6,9H2. The number of fused-ring (bicyclic) bond motifs is 5. The van der Waals surface area contributed by atoms with Gasteiger partial charge in [0.15, 0.2) is 0 Å². The summed E-state index contributed by atoms with van der Waals surface area (Å²) < 4.78 is 14.5. The van der Waals surface area contributed by atoms with Crippen LogP contribution in [0.3, 0.4) is 0 Å². The highest BCUT2D eigenvalue weighted by Crippen LogP contribution is 2.45. The Morgan fingerprint density at radius 1 is 1.15 bits per heavy atom. The number of piperidine rings is 1. The Morgan fingerprint density at radius 3 is 2.90 bits per heavy atom. The van der Waals surface area contributed by atoms with Crippen LogP contribution < -0.4 is 10.2 Å². The van der Waals surface area contributed by atoms with Crippen molar-refractivity contribution in [2.75, 3.05) is 16.8 Å². The molecule has 2 aliphatic heterocycles. The van der Waals surface area contributed by atoms with Gasteiger partial charge in [-0.2, -0.15) is 0 Å². The molecule has 3 aliphatic rings. The zero-order valence-corrected chi connectivity index (χ0v) is 13.1. The first-order chi connectivity index (χ1) is 9.74. The van der Waals surface area contributed by atoms with Crippen molar-refractivity contribution in [2.24, 2.45) is 5.92 Å². The van der Waals surface area contributed by atoms with Crippen molar-refractivity contribution in [2.45, 2.75) is 50.6 Å². The maximum atomic E-state index is 14.0. The molecule has 1 aliphatic carbocycles. The zero-order valence-electron chi connectivity index (χ0n) is 11.5. The molecule has 2 nitrogen and oxygen atoms in total. The second-order valence-electron chi connectivity index (χ2n) is 6.41. The fourth-order valence-corrected chi connectivity index (χ4v) is 4.75. The normalized spacial score (nSPS) is 31.9. The van der Waals surface area contributed by atoms with Crippen LogP contribution in [0.2, 0.25) is 0 Å². The third-order valence-electron chi connectivity index (χ3n) is 5.34. The highest BCUT2D eigenvalue weighted by molar-refractivity contribution is 9.10. The molecule has 1 aromatic rings. The van der Waals surface area contributed by atoms with E-state index in [1.165, 1.54) is 38.5 Å². The first-order valence-corrected chi connectivity index (χ1v) is 8.54. The van der Waals surface area contributed by atoms with Crippen LogP contribution in [0.15, 0.2) is 16.6 Å². The first-order valence-electron chi connectivity index (χ1n) is 7.75. The van der Waals surface area contributed by atoms with Gasteiger partial charge in [-0.15, -0.1) is 0 Å². The van der Waals surface area contributed by atoms with E-state index in [-0.39, 0.29) is 5.82 Å². The van der Waals surface area contributed by atoms with E-state index >= 15 is 0 Å². The molecule has 0 spiro atoms. The summed E-state index contributed by atoms with van der Waals surface area (Å²) in [4.78, 5) is 2.55. The Hall–Kier alpha value is -0.770. The van der Waals surface area contributed by atoms with Crippen molar-refractivity contribution in [3.63, 3.8) is 0 Å². The molecule has 0 amide bonds. The number of hydrogen-bond donors (Lipinski definition) is 1. The van der Waals surface area contributed by atoms with E-state index in [4.69, 9.17) is 0 Å². The van der Waals surface area contributed by atoms with Crippen LogP contribution in [0.1, 0.15) is 38.5 Å². The monoisotopic (exact) mass is 338 g/mol. The lowest BCUT2D eigenvalue weighted by molar-refractivity contribution is 0.215. The maximum absolute atomic E-state index is 14.0. The van der Waals surface area contributed by atoms with E-state index in [2.05, 4.69) is 26.1 Å². The van der Waals surface area contributed by atoms with Gasteiger partial charge >= 0.3 is 0 Å². The molecule has 4 heteroatoms. The Kier molecular flexibility index (Phi) is 3.17. The summed E-state index contributed by atoms with van der Waals surface area (Å²) in [5.41, 5.74) is 2.17. The summed E-state index contributed by atoms with van der Waals surface area (Å²) in [6, 6.07) is 4.79. The van der Waals surface area contributed by atoms with E-state index in [0.717, 1.165) is 23.8 Å². The molecule has 3 unspecified atom stereocenters. The summed E-state index contributed by atoms with van der Waals surface area (Å²) in [5.74, 6) is 0.668. The summed E-state index contributed by atoms with van der Waals surface area (Å²) in [6.07, 6.45) is 7.92. The SMILES string of the molecule is Fc1cc2c(cc1Br)NCC1CCC3CCCCC3N21. The molecular weight excluding hydrogens is 319 g/mol. The van der Waals surface area contributed by atoms with Gasteiger partial charge in [0.05, 0.1) is 15.8 Å². The average molecular weight is 339 g/mol. The number of hydrogen-bond acceptors (Lipinski definition) is 2. The fraction of sp³-hybridized carbons (Fsp3) is 0.625. The largest absolute Gasteiger partial charge is 0.381 e. The smallest absolute Gasteiger partial charge is 0.139 e. The van der Waals surface area contributed by atoms with E-state index in [1.807, 2.05) is 6.07 Å². The van der Waals surface area contributed by atoms with Crippen LogP contribution in [0.5, 0.6) is 0 Å². The van der Waals surface area contributed by atoms with Gasteiger partial charge in [-0.1, -0.05) is 12.8 Å². The highest BCUT2D eigenvalue weighted by Gasteiger charge is 2.41. The summed E-state index contributed by atoms with van der Waals surface area (Å²) >= 11 is 3.30. The Balaban J connectivity index is 1.77. The van der Waals surface area contributed by atoms with Gasteiger partial charge in [-0.3, -0.25) is 0 Å². The third kappa shape index (κ3) is 1.95. The number of halogens is 2. The quantitative estimate of drug-likeness (QED) is 0.746. The Morgan fingerprint density at radius 2 is 2.00 bits per heavy atom. The minimum Gasteiger partial charge on any atom is -0.381 e.